The Morgan fingerprint density at radius 1 is 1.00 bits per heavy atom. The quantitative estimate of drug-likeness (QED) is 0.875. The minimum absolute atomic E-state index is 0.0459. The summed E-state index contributed by atoms with van der Waals surface area (Å²) in [6.45, 7) is 3.82. The number of nitrogens with one attached hydrogen (secondary N) is 2. The van der Waals surface area contributed by atoms with E-state index in [0.29, 0.717) is 11.4 Å². The predicted molar refractivity (Wildman–Crippen MR) is 99.2 cm³/mol. The number of aryl methyl sites for hydroxylation is 2. The van der Waals surface area contributed by atoms with E-state index in [4.69, 9.17) is 4.74 Å². The van der Waals surface area contributed by atoms with Crippen molar-refractivity contribution in [2.45, 2.75) is 13.8 Å². The molecule has 0 fully saturated rings. The molecule has 0 aliphatic carbocycles. The number of benzene rings is 2. The van der Waals surface area contributed by atoms with Crippen LogP contribution in [0.15, 0.2) is 42.5 Å². The molecule has 6 nitrogen and oxygen atoms in total. The van der Waals surface area contributed by atoms with E-state index in [2.05, 4.69) is 10.6 Å². The third-order valence-electron chi connectivity index (χ3n) is 3.81. The normalized spacial score (nSPS) is 10.1. The second-order valence-corrected chi connectivity index (χ2v) is 5.83. The first-order valence-corrected chi connectivity index (χ1v) is 7.93. The van der Waals surface area contributed by atoms with Crippen LogP contribution < -0.4 is 15.4 Å². The summed E-state index contributed by atoms with van der Waals surface area (Å²) in [7, 11) is 3.15. The van der Waals surface area contributed by atoms with Crippen molar-refractivity contribution in [1.82, 2.24) is 4.90 Å². The summed E-state index contributed by atoms with van der Waals surface area (Å²) >= 11 is 0. The van der Waals surface area contributed by atoms with Gasteiger partial charge in [-0.05, 0) is 49.2 Å². The molecule has 25 heavy (non-hydrogen) atoms. The highest BCUT2D eigenvalue weighted by Gasteiger charge is 2.14. The molecule has 0 bridgehead atoms. The van der Waals surface area contributed by atoms with Gasteiger partial charge in [0.2, 0.25) is 5.91 Å². The van der Waals surface area contributed by atoms with Crippen LogP contribution in [0.1, 0.15) is 11.1 Å². The van der Waals surface area contributed by atoms with Gasteiger partial charge in [0.05, 0.1) is 7.11 Å². The molecule has 3 amide bonds. The lowest BCUT2D eigenvalue weighted by molar-refractivity contribution is -0.116. The molecule has 0 heterocycles. The molecule has 0 spiro atoms. The van der Waals surface area contributed by atoms with Crippen molar-refractivity contribution in [2.75, 3.05) is 31.3 Å². The summed E-state index contributed by atoms with van der Waals surface area (Å²) in [5.74, 6) is 0.462. The Morgan fingerprint density at radius 3 is 2.16 bits per heavy atom. The lowest BCUT2D eigenvalue weighted by Crippen LogP contribution is -2.37. The van der Waals surface area contributed by atoms with Gasteiger partial charge in [0, 0.05) is 18.4 Å². The maximum Gasteiger partial charge on any atom is 0.322 e. The van der Waals surface area contributed by atoms with Gasteiger partial charge in [-0.2, -0.15) is 0 Å². The van der Waals surface area contributed by atoms with Crippen LogP contribution in [-0.4, -0.2) is 37.5 Å². The molecule has 2 aromatic carbocycles. The molecule has 6 heteroatoms. The summed E-state index contributed by atoms with van der Waals surface area (Å²) in [6, 6.07) is 12.4. The Kier molecular flexibility index (Phi) is 6.00. The molecule has 0 aliphatic heterocycles. The topological polar surface area (TPSA) is 70.7 Å². The number of likely N-dealkylation sites (N-methyl/N-ethyl adjacent to an activating group) is 1. The van der Waals surface area contributed by atoms with Crippen molar-refractivity contribution in [2.24, 2.45) is 0 Å². The number of rotatable bonds is 5. The van der Waals surface area contributed by atoms with E-state index in [9.17, 15) is 9.59 Å². The van der Waals surface area contributed by atoms with Crippen LogP contribution in [0.5, 0.6) is 5.75 Å². The molecule has 2 N–H and O–H groups in total. The van der Waals surface area contributed by atoms with E-state index in [1.165, 1.54) is 4.90 Å². The zero-order chi connectivity index (χ0) is 18.4. The fraction of sp³-hybridized carbons (Fsp3) is 0.263. The van der Waals surface area contributed by atoms with Crippen LogP contribution in [0.4, 0.5) is 16.2 Å². The average molecular weight is 341 g/mol. The Hall–Kier alpha value is -3.02. The molecule has 132 valence electrons. The van der Waals surface area contributed by atoms with Crippen molar-refractivity contribution in [3.8, 4) is 5.75 Å². The molecule has 2 aromatic rings. The molecule has 0 aliphatic rings. The maximum absolute atomic E-state index is 12.2. The van der Waals surface area contributed by atoms with Gasteiger partial charge in [-0.1, -0.05) is 18.2 Å². The lowest BCUT2D eigenvalue weighted by Gasteiger charge is -2.19. The van der Waals surface area contributed by atoms with Gasteiger partial charge in [-0.25, -0.2) is 4.79 Å². The van der Waals surface area contributed by atoms with E-state index < -0.39 is 0 Å². The number of carbonyl (C=O) groups is 2. The number of carbonyl (C=O) groups excluding carboxylic acids is 2. The summed E-state index contributed by atoms with van der Waals surface area (Å²) < 4.78 is 5.07. The lowest BCUT2D eigenvalue weighted by atomic mass is 10.1. The molecular formula is C19H23N3O3. The standard InChI is InChI=1S/C19H23N3O3/c1-13-6-5-7-14(2)18(13)21-17(23)12-22(3)19(24)20-15-8-10-16(25-4)11-9-15/h5-11H,12H2,1-4H3,(H,20,24)(H,21,23). The van der Waals surface area contributed by atoms with Crippen LogP contribution in [0.25, 0.3) is 0 Å². The Morgan fingerprint density at radius 2 is 1.60 bits per heavy atom. The SMILES string of the molecule is COc1ccc(NC(=O)N(C)CC(=O)Nc2c(C)cccc2C)cc1. The minimum Gasteiger partial charge on any atom is -0.497 e. The van der Waals surface area contributed by atoms with E-state index >= 15 is 0 Å². The molecule has 0 atom stereocenters. The van der Waals surface area contributed by atoms with Gasteiger partial charge in [0.1, 0.15) is 12.3 Å². The zero-order valence-corrected chi connectivity index (χ0v) is 14.9. The molecule has 2 rings (SSSR count). The van der Waals surface area contributed by atoms with E-state index in [1.807, 2.05) is 32.0 Å². The first-order valence-electron chi connectivity index (χ1n) is 7.93. The van der Waals surface area contributed by atoms with Crippen LogP contribution in [-0.2, 0) is 4.79 Å². The van der Waals surface area contributed by atoms with E-state index in [-0.39, 0.29) is 18.5 Å². The monoisotopic (exact) mass is 341 g/mol. The number of anilines is 2. The molecule has 0 saturated carbocycles. The van der Waals surface area contributed by atoms with Crippen molar-refractivity contribution >= 4 is 23.3 Å². The second-order valence-electron chi connectivity index (χ2n) is 5.83. The summed E-state index contributed by atoms with van der Waals surface area (Å²) in [4.78, 5) is 25.7. The number of hydrogen-bond donors (Lipinski definition) is 2. The fourth-order valence-electron chi connectivity index (χ4n) is 2.37. The molecule has 0 saturated heterocycles. The third-order valence-corrected chi connectivity index (χ3v) is 3.81. The molecular weight excluding hydrogens is 318 g/mol. The maximum atomic E-state index is 12.2. The molecule has 0 unspecified atom stereocenters. The first-order chi connectivity index (χ1) is 11.9. The first kappa shape index (κ1) is 18.3. The summed E-state index contributed by atoms with van der Waals surface area (Å²) in [6.07, 6.45) is 0. The van der Waals surface area contributed by atoms with Crippen LogP contribution in [0.2, 0.25) is 0 Å². The van der Waals surface area contributed by atoms with Crippen LogP contribution in [0.3, 0.4) is 0 Å². The van der Waals surface area contributed by atoms with Crippen LogP contribution >= 0.6 is 0 Å². The number of methoxy groups -OCH3 is 1. The van der Waals surface area contributed by atoms with Gasteiger partial charge in [-0.15, -0.1) is 0 Å². The fourth-order valence-corrected chi connectivity index (χ4v) is 2.37. The smallest absolute Gasteiger partial charge is 0.322 e. The van der Waals surface area contributed by atoms with Gasteiger partial charge in [0.25, 0.3) is 0 Å². The number of ether oxygens (including phenoxy) is 1. The van der Waals surface area contributed by atoms with Gasteiger partial charge in [-0.3, -0.25) is 4.79 Å². The summed E-state index contributed by atoms with van der Waals surface area (Å²) in [5.41, 5.74) is 3.39. The van der Waals surface area contributed by atoms with Gasteiger partial charge in [0.15, 0.2) is 0 Å². The second kappa shape index (κ2) is 8.19. The van der Waals surface area contributed by atoms with Crippen molar-refractivity contribution in [3.63, 3.8) is 0 Å². The highest BCUT2D eigenvalue weighted by molar-refractivity contribution is 5.97. The Bertz CT molecular complexity index is 737. The minimum atomic E-state index is -0.359. The van der Waals surface area contributed by atoms with E-state index in [0.717, 1.165) is 16.8 Å². The van der Waals surface area contributed by atoms with Gasteiger partial charge < -0.3 is 20.3 Å². The molecule has 0 aromatic heterocycles. The predicted octanol–water partition coefficient (Wildman–Crippen LogP) is 3.41. The summed E-state index contributed by atoms with van der Waals surface area (Å²) in [5, 5.41) is 5.60. The van der Waals surface area contributed by atoms with Gasteiger partial charge >= 0.3 is 6.03 Å². The number of amides is 3. The van der Waals surface area contributed by atoms with E-state index in [1.54, 1.807) is 38.4 Å². The number of urea groups is 1. The highest BCUT2D eigenvalue weighted by atomic mass is 16.5. The molecule has 0 radical (unpaired) electrons. The highest BCUT2D eigenvalue weighted by Crippen LogP contribution is 2.19. The third kappa shape index (κ3) is 4.97. The van der Waals surface area contributed by atoms with Crippen LogP contribution in [0, 0.1) is 13.8 Å². The number of hydrogen-bond acceptors (Lipinski definition) is 3. The van der Waals surface area contributed by atoms with Crippen molar-refractivity contribution < 1.29 is 14.3 Å². The average Bonchev–Trinajstić information content (AvgIpc) is 2.59. The zero-order valence-electron chi connectivity index (χ0n) is 14.9. The Balaban J connectivity index is 1.92. The van der Waals surface area contributed by atoms with Crippen molar-refractivity contribution in [1.29, 1.82) is 0 Å². The number of nitrogens with zero attached hydrogens (tertiary/aromatic N) is 1. The largest absolute Gasteiger partial charge is 0.497 e. The number of para-hydroxylation sites is 1. The Labute approximate surface area is 147 Å². The van der Waals surface area contributed by atoms with Crippen molar-refractivity contribution in [3.05, 3.63) is 53.6 Å².